The second kappa shape index (κ2) is 4.33. The number of nitrogen functional groups attached to an aromatic ring is 1. The van der Waals surface area contributed by atoms with E-state index in [-0.39, 0.29) is 0 Å². The first-order chi connectivity index (χ1) is 8.27. The molecule has 2 heterocycles. The number of hydrogen-bond acceptors (Lipinski definition) is 2. The predicted molar refractivity (Wildman–Crippen MR) is 73.1 cm³/mol. The summed E-state index contributed by atoms with van der Waals surface area (Å²) < 4.78 is 3.02. The maximum absolute atomic E-state index is 6.01. The Morgan fingerprint density at radius 1 is 1.29 bits per heavy atom. The molecule has 1 aliphatic rings. The maximum Gasteiger partial charge on any atom is 0.134 e. The fourth-order valence-corrected chi connectivity index (χ4v) is 3.39. The average Bonchev–Trinajstić information content (AvgIpc) is 2.69. The summed E-state index contributed by atoms with van der Waals surface area (Å²) in [4.78, 5) is 4.67. The van der Waals surface area contributed by atoms with E-state index >= 15 is 0 Å². The summed E-state index contributed by atoms with van der Waals surface area (Å²) in [6.07, 6.45) is 8.57. The molecule has 0 aliphatic heterocycles. The number of fused-ring (bicyclic) bond motifs is 1. The number of hydrogen-bond donors (Lipinski definition) is 1. The van der Waals surface area contributed by atoms with E-state index in [0.717, 1.165) is 15.8 Å². The summed E-state index contributed by atoms with van der Waals surface area (Å²) in [7, 11) is 0. The Labute approximate surface area is 109 Å². The van der Waals surface area contributed by atoms with Crippen molar-refractivity contribution in [2.24, 2.45) is 0 Å². The highest BCUT2D eigenvalue weighted by Crippen LogP contribution is 2.35. The van der Waals surface area contributed by atoms with E-state index in [4.69, 9.17) is 5.73 Å². The van der Waals surface area contributed by atoms with Gasteiger partial charge < -0.3 is 10.1 Å². The minimum absolute atomic E-state index is 0.587. The smallest absolute Gasteiger partial charge is 0.134 e. The molecule has 0 atom stereocenters. The van der Waals surface area contributed by atoms with Crippen LogP contribution in [0, 0.1) is 0 Å². The summed E-state index contributed by atoms with van der Waals surface area (Å²) >= 11 is 3.52. The van der Waals surface area contributed by atoms with Gasteiger partial charge in [-0.3, -0.25) is 0 Å². The van der Waals surface area contributed by atoms with Crippen LogP contribution in [0.25, 0.3) is 5.52 Å². The third-order valence-corrected chi connectivity index (χ3v) is 4.20. The molecule has 2 aromatic heterocycles. The highest BCUT2D eigenvalue weighted by Gasteiger charge is 2.22. The molecule has 0 radical (unpaired) electrons. The molecule has 4 heteroatoms. The summed E-state index contributed by atoms with van der Waals surface area (Å²) in [5.41, 5.74) is 7.80. The molecule has 0 amide bonds. The largest absolute Gasteiger partial charge is 0.397 e. The normalized spacial score (nSPS) is 17.7. The highest BCUT2D eigenvalue weighted by atomic mass is 79.9. The lowest BCUT2D eigenvalue weighted by atomic mass is 9.89. The number of halogens is 1. The Morgan fingerprint density at radius 3 is 2.82 bits per heavy atom. The topological polar surface area (TPSA) is 43.3 Å². The van der Waals surface area contributed by atoms with Crippen LogP contribution in [0.4, 0.5) is 5.69 Å². The van der Waals surface area contributed by atoms with Gasteiger partial charge in [0.25, 0.3) is 0 Å². The van der Waals surface area contributed by atoms with Crippen molar-refractivity contribution >= 4 is 27.1 Å². The molecule has 3 nitrogen and oxygen atoms in total. The van der Waals surface area contributed by atoms with Gasteiger partial charge in [0.2, 0.25) is 0 Å². The van der Waals surface area contributed by atoms with E-state index in [1.807, 2.05) is 12.1 Å². The minimum atomic E-state index is 0.587. The molecule has 2 aromatic rings. The van der Waals surface area contributed by atoms with Crippen LogP contribution in [-0.4, -0.2) is 9.38 Å². The molecule has 0 spiro atoms. The lowest BCUT2D eigenvalue weighted by Gasteiger charge is -2.20. The van der Waals surface area contributed by atoms with Gasteiger partial charge in [-0.25, -0.2) is 4.98 Å². The number of anilines is 1. The number of imidazole rings is 1. The zero-order chi connectivity index (χ0) is 11.8. The molecule has 0 aromatic carbocycles. The summed E-state index contributed by atoms with van der Waals surface area (Å²) in [5.74, 6) is 1.75. The Morgan fingerprint density at radius 2 is 2.06 bits per heavy atom. The van der Waals surface area contributed by atoms with Crippen molar-refractivity contribution in [3.8, 4) is 0 Å². The molecule has 1 saturated carbocycles. The summed E-state index contributed by atoms with van der Waals surface area (Å²) in [5, 5.41) is 0. The molecule has 1 fully saturated rings. The van der Waals surface area contributed by atoms with E-state index in [1.165, 1.54) is 37.9 Å². The number of pyridine rings is 1. The first kappa shape index (κ1) is 11.1. The third-order valence-electron chi connectivity index (χ3n) is 3.65. The zero-order valence-corrected chi connectivity index (χ0v) is 11.3. The Bertz CT molecular complexity index is 541. The monoisotopic (exact) mass is 293 g/mol. The third kappa shape index (κ3) is 1.84. The molecule has 0 saturated heterocycles. The molecular formula is C13H16BrN3. The van der Waals surface area contributed by atoms with Crippen molar-refractivity contribution in [2.75, 3.05) is 5.73 Å². The highest BCUT2D eigenvalue weighted by molar-refractivity contribution is 9.10. The molecule has 3 rings (SSSR count). The molecule has 17 heavy (non-hydrogen) atoms. The van der Waals surface area contributed by atoms with Crippen molar-refractivity contribution in [1.29, 1.82) is 0 Å². The van der Waals surface area contributed by atoms with Crippen molar-refractivity contribution < 1.29 is 0 Å². The van der Waals surface area contributed by atoms with Crippen molar-refractivity contribution in [1.82, 2.24) is 9.38 Å². The number of aromatic nitrogens is 2. The van der Waals surface area contributed by atoms with Crippen LogP contribution in [0.2, 0.25) is 0 Å². The van der Waals surface area contributed by atoms with Gasteiger partial charge in [0.15, 0.2) is 0 Å². The Kier molecular flexibility index (Phi) is 2.82. The quantitative estimate of drug-likeness (QED) is 0.871. The van der Waals surface area contributed by atoms with Crippen LogP contribution in [-0.2, 0) is 0 Å². The first-order valence-electron chi connectivity index (χ1n) is 6.19. The van der Waals surface area contributed by atoms with Gasteiger partial charge in [-0.15, -0.1) is 0 Å². The van der Waals surface area contributed by atoms with E-state index in [1.54, 1.807) is 0 Å². The van der Waals surface area contributed by atoms with E-state index in [0.29, 0.717) is 5.92 Å². The lowest BCUT2D eigenvalue weighted by molar-refractivity contribution is 0.427. The van der Waals surface area contributed by atoms with Gasteiger partial charge in [-0.1, -0.05) is 19.3 Å². The van der Waals surface area contributed by atoms with Crippen LogP contribution in [0.5, 0.6) is 0 Å². The van der Waals surface area contributed by atoms with Crippen molar-refractivity contribution in [3.63, 3.8) is 0 Å². The lowest BCUT2D eigenvalue weighted by Crippen LogP contribution is -2.08. The van der Waals surface area contributed by atoms with Crippen LogP contribution >= 0.6 is 15.9 Å². The van der Waals surface area contributed by atoms with Gasteiger partial charge >= 0.3 is 0 Å². The first-order valence-corrected chi connectivity index (χ1v) is 6.98. The predicted octanol–water partition coefficient (Wildman–Crippen LogP) is 3.73. The van der Waals surface area contributed by atoms with Crippen LogP contribution in [0.3, 0.4) is 0 Å². The van der Waals surface area contributed by atoms with E-state index in [2.05, 4.69) is 31.5 Å². The van der Waals surface area contributed by atoms with Gasteiger partial charge in [0, 0.05) is 12.1 Å². The van der Waals surface area contributed by atoms with E-state index < -0.39 is 0 Å². The van der Waals surface area contributed by atoms with Crippen LogP contribution in [0.1, 0.15) is 43.8 Å². The van der Waals surface area contributed by atoms with Crippen LogP contribution in [0.15, 0.2) is 22.9 Å². The van der Waals surface area contributed by atoms with Crippen molar-refractivity contribution in [3.05, 3.63) is 28.8 Å². The standard InChI is InChI=1S/C13H16BrN3/c14-12-11-10(15)7-4-8-17(11)13(16-12)9-5-2-1-3-6-9/h4,7-9H,1-3,5-6,15H2. The number of nitrogens with zero attached hydrogens (tertiary/aromatic N) is 2. The van der Waals surface area contributed by atoms with Gasteiger partial charge in [0.05, 0.1) is 5.69 Å². The maximum atomic E-state index is 6.01. The fraction of sp³-hybridized carbons (Fsp3) is 0.462. The second-order valence-electron chi connectivity index (χ2n) is 4.78. The average molecular weight is 294 g/mol. The minimum Gasteiger partial charge on any atom is -0.397 e. The second-order valence-corrected chi connectivity index (χ2v) is 5.53. The molecule has 1 aliphatic carbocycles. The molecular weight excluding hydrogens is 278 g/mol. The summed E-state index contributed by atoms with van der Waals surface area (Å²) in [6.45, 7) is 0. The fourth-order valence-electron chi connectivity index (χ4n) is 2.79. The van der Waals surface area contributed by atoms with Crippen LogP contribution < -0.4 is 5.73 Å². The summed E-state index contributed by atoms with van der Waals surface area (Å²) in [6, 6.07) is 3.91. The molecule has 0 bridgehead atoms. The van der Waals surface area contributed by atoms with E-state index in [9.17, 15) is 0 Å². The Balaban J connectivity index is 2.13. The molecule has 2 N–H and O–H groups in total. The Hall–Kier alpha value is -1.03. The van der Waals surface area contributed by atoms with Crippen molar-refractivity contribution in [2.45, 2.75) is 38.0 Å². The molecule has 0 unspecified atom stereocenters. The molecule has 90 valence electrons. The SMILES string of the molecule is Nc1cccn2c(C3CCCCC3)nc(Br)c12. The number of nitrogens with two attached hydrogens (primary N) is 1. The van der Waals surface area contributed by atoms with Gasteiger partial charge in [0.1, 0.15) is 15.9 Å². The number of rotatable bonds is 1. The van der Waals surface area contributed by atoms with Gasteiger partial charge in [-0.2, -0.15) is 0 Å². The van der Waals surface area contributed by atoms with Gasteiger partial charge in [-0.05, 0) is 40.9 Å². The zero-order valence-electron chi connectivity index (χ0n) is 9.69.